The number of alkyl halides is 3. The van der Waals surface area contributed by atoms with Crippen LogP contribution < -0.4 is 14.4 Å². The lowest BCUT2D eigenvalue weighted by atomic mass is 9.96. The number of carbonyl (C=O) groups excluding carboxylic acids is 1. The molecule has 0 spiro atoms. The number of aromatic nitrogens is 1. The van der Waals surface area contributed by atoms with Gasteiger partial charge in [-0.2, -0.15) is 13.2 Å². The molecular formula is C24H20F3N3O5. The Morgan fingerprint density at radius 3 is 2.31 bits per heavy atom. The third-order valence-corrected chi connectivity index (χ3v) is 5.57. The van der Waals surface area contributed by atoms with E-state index < -0.39 is 34.2 Å². The fourth-order valence-electron chi connectivity index (χ4n) is 3.77. The standard InChI is InChI=1S/C24H20F3N3O5/c25-24(26,27)17-4-9-20(21(15-17)30(32)33)29-13-10-16(11-14-29)23(31)35-19-7-5-18(6-8-19)34-22-3-1-2-12-28-22/h1-9,12,15-16H,10-11,13-14H2. The van der Waals surface area contributed by atoms with Crippen LogP contribution in [-0.2, 0) is 11.0 Å². The third-order valence-electron chi connectivity index (χ3n) is 5.57. The molecule has 0 amide bonds. The number of nitro groups is 1. The molecule has 182 valence electrons. The van der Waals surface area contributed by atoms with E-state index in [9.17, 15) is 28.1 Å². The van der Waals surface area contributed by atoms with Crippen molar-refractivity contribution in [1.82, 2.24) is 4.98 Å². The molecule has 0 bridgehead atoms. The van der Waals surface area contributed by atoms with Crippen LogP contribution in [0.15, 0.2) is 66.9 Å². The summed E-state index contributed by atoms with van der Waals surface area (Å²) in [6, 6.07) is 14.2. The van der Waals surface area contributed by atoms with Gasteiger partial charge in [-0.05, 0) is 55.3 Å². The molecule has 2 aromatic carbocycles. The number of pyridine rings is 1. The van der Waals surface area contributed by atoms with Gasteiger partial charge in [0, 0.05) is 31.4 Å². The van der Waals surface area contributed by atoms with Crippen molar-refractivity contribution in [1.29, 1.82) is 0 Å². The van der Waals surface area contributed by atoms with Crippen LogP contribution in [0.25, 0.3) is 0 Å². The maximum atomic E-state index is 12.9. The molecule has 0 N–H and O–H groups in total. The molecule has 3 aromatic rings. The number of hydrogen-bond acceptors (Lipinski definition) is 7. The quantitative estimate of drug-likeness (QED) is 0.193. The van der Waals surface area contributed by atoms with Crippen molar-refractivity contribution in [2.75, 3.05) is 18.0 Å². The number of rotatable bonds is 6. The number of piperidine rings is 1. The Morgan fingerprint density at radius 2 is 1.71 bits per heavy atom. The van der Waals surface area contributed by atoms with Crippen molar-refractivity contribution in [3.05, 3.63) is 82.5 Å². The van der Waals surface area contributed by atoms with Crippen LogP contribution in [0, 0.1) is 16.0 Å². The number of hydrogen-bond donors (Lipinski definition) is 0. The van der Waals surface area contributed by atoms with Gasteiger partial charge in [0.05, 0.1) is 16.4 Å². The van der Waals surface area contributed by atoms with Crippen molar-refractivity contribution in [3.63, 3.8) is 0 Å². The Balaban J connectivity index is 1.35. The second-order valence-corrected chi connectivity index (χ2v) is 7.88. The fraction of sp³-hybridized carbons (Fsp3) is 0.250. The summed E-state index contributed by atoms with van der Waals surface area (Å²) in [7, 11) is 0. The highest BCUT2D eigenvalue weighted by Crippen LogP contribution is 2.38. The Labute approximate surface area is 198 Å². The molecule has 8 nitrogen and oxygen atoms in total. The van der Waals surface area contributed by atoms with E-state index in [4.69, 9.17) is 9.47 Å². The van der Waals surface area contributed by atoms with Gasteiger partial charge in [-0.15, -0.1) is 0 Å². The van der Waals surface area contributed by atoms with E-state index in [2.05, 4.69) is 4.98 Å². The lowest BCUT2D eigenvalue weighted by Crippen LogP contribution is -2.38. The maximum Gasteiger partial charge on any atom is 0.416 e. The molecular weight excluding hydrogens is 467 g/mol. The molecule has 1 aliphatic heterocycles. The molecule has 0 aliphatic carbocycles. The van der Waals surface area contributed by atoms with E-state index in [0.29, 0.717) is 36.3 Å². The summed E-state index contributed by atoms with van der Waals surface area (Å²) in [5.41, 5.74) is -1.60. The van der Waals surface area contributed by atoms with Crippen LogP contribution in [0.1, 0.15) is 18.4 Å². The summed E-state index contributed by atoms with van der Waals surface area (Å²) in [6.45, 7) is 0.533. The molecule has 0 atom stereocenters. The van der Waals surface area contributed by atoms with Crippen LogP contribution in [0.5, 0.6) is 17.4 Å². The first-order chi connectivity index (χ1) is 16.7. The topological polar surface area (TPSA) is 94.8 Å². The number of nitrogens with zero attached hydrogens (tertiary/aromatic N) is 3. The Hall–Kier alpha value is -4.15. The minimum atomic E-state index is -4.68. The van der Waals surface area contributed by atoms with E-state index in [1.807, 2.05) is 0 Å². The molecule has 1 saturated heterocycles. The molecule has 11 heteroatoms. The van der Waals surface area contributed by atoms with E-state index in [0.717, 1.165) is 12.1 Å². The molecule has 2 heterocycles. The highest BCUT2D eigenvalue weighted by molar-refractivity contribution is 5.76. The van der Waals surface area contributed by atoms with Gasteiger partial charge in [0.1, 0.15) is 17.2 Å². The summed E-state index contributed by atoms with van der Waals surface area (Å²) in [6.07, 6.45) is -2.38. The van der Waals surface area contributed by atoms with Crippen molar-refractivity contribution in [2.24, 2.45) is 5.92 Å². The molecule has 1 fully saturated rings. The zero-order chi connectivity index (χ0) is 25.0. The van der Waals surface area contributed by atoms with Crippen molar-refractivity contribution < 1.29 is 32.4 Å². The van der Waals surface area contributed by atoms with Gasteiger partial charge in [-0.25, -0.2) is 4.98 Å². The normalized spacial score (nSPS) is 14.4. The number of nitro benzene ring substituents is 1. The predicted molar refractivity (Wildman–Crippen MR) is 119 cm³/mol. The first-order valence-corrected chi connectivity index (χ1v) is 10.7. The number of ether oxygens (including phenoxy) is 2. The van der Waals surface area contributed by atoms with Crippen molar-refractivity contribution >= 4 is 17.3 Å². The summed E-state index contributed by atoms with van der Waals surface area (Å²) >= 11 is 0. The van der Waals surface area contributed by atoms with Gasteiger partial charge in [-0.1, -0.05) is 6.07 Å². The van der Waals surface area contributed by atoms with Gasteiger partial charge in [-0.3, -0.25) is 14.9 Å². The van der Waals surface area contributed by atoms with Gasteiger partial charge in [0.25, 0.3) is 5.69 Å². The van der Waals surface area contributed by atoms with Crippen LogP contribution in [0.2, 0.25) is 0 Å². The summed E-state index contributed by atoms with van der Waals surface area (Å²) in [4.78, 5) is 28.8. The summed E-state index contributed by atoms with van der Waals surface area (Å²) in [5, 5.41) is 11.4. The number of esters is 1. The van der Waals surface area contributed by atoms with Crippen molar-refractivity contribution in [2.45, 2.75) is 19.0 Å². The zero-order valence-corrected chi connectivity index (χ0v) is 18.3. The lowest BCUT2D eigenvalue weighted by molar-refractivity contribution is -0.384. The SMILES string of the molecule is O=C(Oc1ccc(Oc2ccccn2)cc1)C1CCN(c2ccc(C(F)(F)F)cc2[N+](=O)[O-])CC1. The maximum absolute atomic E-state index is 12.9. The first-order valence-electron chi connectivity index (χ1n) is 10.7. The number of anilines is 1. The smallest absolute Gasteiger partial charge is 0.416 e. The Kier molecular flexibility index (Phi) is 6.85. The number of halogens is 3. The van der Waals surface area contributed by atoms with Gasteiger partial charge >= 0.3 is 12.1 Å². The highest BCUT2D eigenvalue weighted by atomic mass is 19.4. The van der Waals surface area contributed by atoms with Gasteiger partial charge in [0.2, 0.25) is 5.88 Å². The van der Waals surface area contributed by atoms with Crippen LogP contribution >= 0.6 is 0 Å². The van der Waals surface area contributed by atoms with Gasteiger partial charge in [0.15, 0.2) is 0 Å². The monoisotopic (exact) mass is 487 g/mol. The van der Waals surface area contributed by atoms with Crippen LogP contribution in [0.3, 0.4) is 0 Å². The van der Waals surface area contributed by atoms with Gasteiger partial charge < -0.3 is 14.4 Å². The molecule has 35 heavy (non-hydrogen) atoms. The highest BCUT2D eigenvalue weighted by Gasteiger charge is 2.35. The minimum Gasteiger partial charge on any atom is -0.439 e. The van der Waals surface area contributed by atoms with Crippen molar-refractivity contribution in [3.8, 4) is 17.4 Å². The first kappa shape index (κ1) is 24.0. The molecule has 1 aromatic heterocycles. The predicted octanol–water partition coefficient (Wildman–Crippen LogP) is 5.62. The minimum absolute atomic E-state index is 0.0957. The number of carbonyl (C=O) groups is 1. The Morgan fingerprint density at radius 1 is 1.03 bits per heavy atom. The molecule has 0 unspecified atom stereocenters. The van der Waals surface area contributed by atoms with E-state index in [1.54, 1.807) is 53.6 Å². The number of benzene rings is 2. The second-order valence-electron chi connectivity index (χ2n) is 7.88. The molecule has 0 radical (unpaired) electrons. The lowest BCUT2D eigenvalue weighted by Gasteiger charge is -2.32. The molecule has 4 rings (SSSR count). The summed E-state index contributed by atoms with van der Waals surface area (Å²) < 4.78 is 49.9. The average Bonchev–Trinajstić information content (AvgIpc) is 2.85. The zero-order valence-electron chi connectivity index (χ0n) is 18.3. The van der Waals surface area contributed by atoms with Crippen LogP contribution in [0.4, 0.5) is 24.5 Å². The second kappa shape index (κ2) is 10.00. The third kappa shape index (κ3) is 5.86. The van der Waals surface area contributed by atoms with E-state index >= 15 is 0 Å². The van der Waals surface area contributed by atoms with E-state index in [1.165, 1.54) is 0 Å². The average molecular weight is 487 g/mol. The molecule has 0 saturated carbocycles. The molecule has 1 aliphatic rings. The van der Waals surface area contributed by atoms with E-state index in [-0.39, 0.29) is 18.8 Å². The largest absolute Gasteiger partial charge is 0.439 e. The summed E-state index contributed by atoms with van der Waals surface area (Å²) in [5.74, 6) is 0.408. The Bertz CT molecular complexity index is 1200. The van der Waals surface area contributed by atoms with Crippen LogP contribution in [-0.4, -0.2) is 29.0 Å². The fourth-order valence-corrected chi connectivity index (χ4v) is 3.77.